The molecule has 0 spiro atoms. The van der Waals surface area contributed by atoms with E-state index in [1.54, 1.807) is 18.2 Å². The fraction of sp³-hybridized carbons (Fsp3) is 0.235. The average molecular weight is 623 g/mol. The Labute approximate surface area is 261 Å². The SMILES string of the molecule is COC(=O)c1ccc2nc(Cc3c(F)cc(-c4ccnc(OCc5ccc(C#N)cc5F)n4)cc3F)n(CC3(CC#N)CC3)c2c1. The minimum atomic E-state index is -0.817. The summed E-state index contributed by atoms with van der Waals surface area (Å²) in [6, 6.07) is 16.6. The third-order valence-corrected chi connectivity index (χ3v) is 8.10. The molecule has 3 aromatic carbocycles. The quantitative estimate of drug-likeness (QED) is 0.163. The molecular formula is C34H25F3N6O3. The van der Waals surface area contributed by atoms with Crippen LogP contribution in [0.15, 0.2) is 60.8 Å². The molecule has 9 nitrogen and oxygen atoms in total. The highest BCUT2D eigenvalue weighted by atomic mass is 19.1. The zero-order valence-electron chi connectivity index (χ0n) is 24.6. The van der Waals surface area contributed by atoms with Gasteiger partial charge >= 0.3 is 12.0 Å². The summed E-state index contributed by atoms with van der Waals surface area (Å²) in [6.07, 6.45) is 3.17. The summed E-state index contributed by atoms with van der Waals surface area (Å²) < 4.78 is 57.7. The molecule has 0 saturated heterocycles. The Morgan fingerprint density at radius 2 is 1.78 bits per heavy atom. The largest absolute Gasteiger partial charge is 0.465 e. The van der Waals surface area contributed by atoms with E-state index in [1.807, 2.05) is 10.6 Å². The molecule has 0 amide bonds. The van der Waals surface area contributed by atoms with E-state index in [2.05, 4.69) is 21.0 Å². The van der Waals surface area contributed by atoms with Crippen LogP contribution in [0, 0.1) is 45.5 Å². The first-order valence-electron chi connectivity index (χ1n) is 14.3. The Morgan fingerprint density at radius 3 is 2.46 bits per heavy atom. The molecule has 6 rings (SSSR count). The van der Waals surface area contributed by atoms with Crippen molar-refractivity contribution >= 4 is 17.0 Å². The van der Waals surface area contributed by atoms with Gasteiger partial charge in [0, 0.05) is 47.7 Å². The van der Waals surface area contributed by atoms with Crippen LogP contribution in [0.2, 0.25) is 0 Å². The van der Waals surface area contributed by atoms with E-state index in [-0.39, 0.29) is 52.4 Å². The van der Waals surface area contributed by atoms with Crippen molar-refractivity contribution in [2.24, 2.45) is 5.41 Å². The van der Waals surface area contributed by atoms with Crippen LogP contribution in [-0.2, 0) is 24.3 Å². The van der Waals surface area contributed by atoms with Gasteiger partial charge in [0.25, 0.3) is 0 Å². The highest BCUT2D eigenvalue weighted by molar-refractivity contribution is 5.93. The van der Waals surface area contributed by atoms with Gasteiger partial charge in [-0.25, -0.2) is 27.9 Å². The smallest absolute Gasteiger partial charge is 0.337 e. The number of benzene rings is 3. The lowest BCUT2D eigenvalue weighted by Crippen LogP contribution is -2.15. The molecule has 0 aliphatic heterocycles. The Bertz CT molecular complexity index is 2050. The van der Waals surface area contributed by atoms with Crippen molar-refractivity contribution in [3.8, 4) is 29.4 Å². The maximum Gasteiger partial charge on any atom is 0.337 e. The number of fused-ring (bicyclic) bond motifs is 1. The van der Waals surface area contributed by atoms with Gasteiger partial charge in [0.15, 0.2) is 0 Å². The third-order valence-electron chi connectivity index (χ3n) is 8.10. The molecule has 1 aliphatic rings. The lowest BCUT2D eigenvalue weighted by molar-refractivity contribution is 0.0601. The number of esters is 1. The van der Waals surface area contributed by atoms with Crippen molar-refractivity contribution in [2.75, 3.05) is 7.11 Å². The summed E-state index contributed by atoms with van der Waals surface area (Å²) in [7, 11) is 1.28. The molecule has 0 radical (unpaired) electrons. The second-order valence-corrected chi connectivity index (χ2v) is 11.2. The minimum absolute atomic E-state index is 0.127. The van der Waals surface area contributed by atoms with Gasteiger partial charge in [-0.15, -0.1) is 0 Å². The Hall–Kier alpha value is -5.75. The monoisotopic (exact) mass is 622 g/mol. The summed E-state index contributed by atoms with van der Waals surface area (Å²) in [6.45, 7) is 0.189. The fourth-order valence-corrected chi connectivity index (χ4v) is 5.32. The summed E-state index contributed by atoms with van der Waals surface area (Å²) in [5, 5.41) is 18.3. The number of nitriles is 2. The lowest BCUT2D eigenvalue weighted by Gasteiger charge is -2.16. The number of carbonyl (C=O) groups excluding carboxylic acids is 1. The lowest BCUT2D eigenvalue weighted by atomic mass is 10.0. The average Bonchev–Trinajstić information content (AvgIpc) is 3.74. The summed E-state index contributed by atoms with van der Waals surface area (Å²) in [5.41, 5.74) is 1.66. The highest BCUT2D eigenvalue weighted by Crippen LogP contribution is 2.50. The number of rotatable bonds is 10. The van der Waals surface area contributed by atoms with Crippen LogP contribution < -0.4 is 4.74 Å². The van der Waals surface area contributed by atoms with Crippen molar-refractivity contribution < 1.29 is 27.4 Å². The van der Waals surface area contributed by atoms with Gasteiger partial charge in [-0.3, -0.25) is 0 Å². The summed E-state index contributed by atoms with van der Waals surface area (Å²) in [5.74, 6) is -2.39. The van der Waals surface area contributed by atoms with E-state index in [9.17, 15) is 14.4 Å². The molecule has 1 fully saturated rings. The number of imidazole rings is 1. The number of carbonyl (C=O) groups is 1. The van der Waals surface area contributed by atoms with Crippen molar-refractivity contribution in [3.63, 3.8) is 0 Å². The van der Waals surface area contributed by atoms with Crippen molar-refractivity contribution in [3.05, 3.63) is 106 Å². The van der Waals surface area contributed by atoms with E-state index >= 15 is 8.78 Å². The second-order valence-electron chi connectivity index (χ2n) is 11.2. The van der Waals surface area contributed by atoms with E-state index in [4.69, 9.17) is 14.7 Å². The normalized spacial score (nSPS) is 13.2. The maximum absolute atomic E-state index is 15.6. The van der Waals surface area contributed by atoms with Crippen LogP contribution >= 0.6 is 0 Å². The van der Waals surface area contributed by atoms with Crippen molar-refractivity contribution in [1.82, 2.24) is 19.5 Å². The first-order valence-corrected chi connectivity index (χ1v) is 14.3. The van der Waals surface area contributed by atoms with Gasteiger partial charge in [0.1, 0.15) is 29.9 Å². The number of halogens is 3. The number of hydrogen-bond donors (Lipinski definition) is 0. The van der Waals surface area contributed by atoms with Gasteiger partial charge in [0.2, 0.25) is 0 Å². The molecule has 5 aromatic rings. The number of hydrogen-bond acceptors (Lipinski definition) is 8. The van der Waals surface area contributed by atoms with Crippen molar-refractivity contribution in [1.29, 1.82) is 10.5 Å². The molecule has 1 aliphatic carbocycles. The maximum atomic E-state index is 15.6. The van der Waals surface area contributed by atoms with Crippen LogP contribution in [0.3, 0.4) is 0 Å². The summed E-state index contributed by atoms with van der Waals surface area (Å²) in [4.78, 5) is 25.1. The topological polar surface area (TPSA) is 127 Å². The van der Waals surface area contributed by atoms with Crippen molar-refractivity contribution in [2.45, 2.75) is 38.8 Å². The predicted molar refractivity (Wildman–Crippen MR) is 159 cm³/mol. The number of ether oxygens (including phenoxy) is 2. The van der Waals surface area contributed by atoms with Crippen LogP contribution in [0.25, 0.3) is 22.3 Å². The first kappa shape index (κ1) is 30.3. The molecule has 0 N–H and O–H groups in total. The molecule has 12 heteroatoms. The zero-order valence-corrected chi connectivity index (χ0v) is 24.6. The third kappa shape index (κ3) is 6.10. The van der Waals surface area contributed by atoms with E-state index in [0.29, 0.717) is 35.4 Å². The molecule has 2 aromatic heterocycles. The number of aromatic nitrogens is 4. The minimum Gasteiger partial charge on any atom is -0.465 e. The van der Waals surface area contributed by atoms with E-state index < -0.39 is 23.4 Å². The van der Waals surface area contributed by atoms with Gasteiger partial charge < -0.3 is 14.0 Å². The van der Waals surface area contributed by atoms with Crippen LogP contribution in [0.5, 0.6) is 6.01 Å². The van der Waals surface area contributed by atoms with Crippen LogP contribution in [0.1, 0.15) is 52.1 Å². The van der Waals surface area contributed by atoms with Gasteiger partial charge in [-0.05, 0) is 61.4 Å². The molecule has 0 unspecified atom stereocenters. The molecule has 2 heterocycles. The molecule has 0 bridgehead atoms. The van der Waals surface area contributed by atoms with Gasteiger partial charge in [-0.2, -0.15) is 15.5 Å². The Balaban J connectivity index is 1.28. The Kier molecular flexibility index (Phi) is 8.12. The van der Waals surface area contributed by atoms with Gasteiger partial charge in [-0.1, -0.05) is 6.07 Å². The van der Waals surface area contributed by atoms with Crippen LogP contribution in [-0.4, -0.2) is 32.6 Å². The molecule has 230 valence electrons. The van der Waals surface area contributed by atoms with E-state index in [1.165, 1.54) is 31.5 Å². The second kappa shape index (κ2) is 12.3. The van der Waals surface area contributed by atoms with Gasteiger partial charge in [0.05, 0.1) is 47.1 Å². The summed E-state index contributed by atoms with van der Waals surface area (Å²) >= 11 is 0. The molecule has 1 saturated carbocycles. The fourth-order valence-electron chi connectivity index (χ4n) is 5.32. The standard InChI is InChI=1S/C34H25F3N6O3/c1-45-32(44)21-4-5-29-30(15-21)43(19-34(7-8-34)9-10-38)31(41-29)16-24-26(36)13-23(14-27(24)37)28-6-11-40-33(42-28)46-18-22-3-2-20(17-39)12-25(22)35/h2-6,11-15H,7-9,16,18-19H2,1H3. The first-order chi connectivity index (χ1) is 22.2. The molecule has 0 atom stereocenters. The molecular weight excluding hydrogens is 597 g/mol. The predicted octanol–water partition coefficient (Wildman–Crippen LogP) is 6.43. The molecule has 46 heavy (non-hydrogen) atoms. The highest BCUT2D eigenvalue weighted by Gasteiger charge is 2.43. The Morgan fingerprint density at radius 1 is 1.00 bits per heavy atom. The van der Waals surface area contributed by atoms with E-state index in [0.717, 1.165) is 31.0 Å². The number of methoxy groups -OCH3 is 1. The number of nitrogens with zero attached hydrogens (tertiary/aromatic N) is 6. The zero-order chi connectivity index (χ0) is 32.4. The van der Waals surface area contributed by atoms with Crippen LogP contribution in [0.4, 0.5) is 13.2 Å².